The van der Waals surface area contributed by atoms with Crippen LogP contribution in [-0.2, 0) is 26.6 Å². The third-order valence-electron chi connectivity index (χ3n) is 6.60. The second-order valence-electron chi connectivity index (χ2n) is 8.79. The number of nitrogens with zero attached hydrogens (tertiary/aromatic N) is 4. The molecule has 0 radical (unpaired) electrons. The predicted octanol–water partition coefficient (Wildman–Crippen LogP) is 2.76. The largest absolute Gasteiger partial charge is 0.497 e. The number of fused-ring (bicyclic) bond motifs is 1. The molecule has 4 rings (SSSR count). The van der Waals surface area contributed by atoms with Crippen molar-refractivity contribution in [2.45, 2.75) is 39.4 Å². The minimum atomic E-state index is 0.176. The van der Waals surface area contributed by atoms with Crippen molar-refractivity contribution in [3.63, 3.8) is 0 Å². The van der Waals surface area contributed by atoms with Gasteiger partial charge in [-0.3, -0.25) is 14.6 Å². The normalized spacial score (nSPS) is 18.0. The number of aromatic nitrogens is 1. The van der Waals surface area contributed by atoms with Crippen LogP contribution in [-0.4, -0.2) is 71.0 Å². The Morgan fingerprint density at radius 1 is 1.10 bits per heavy atom. The second kappa shape index (κ2) is 8.82. The van der Waals surface area contributed by atoms with Gasteiger partial charge in [-0.25, -0.2) is 0 Å². The van der Waals surface area contributed by atoms with E-state index in [1.165, 1.54) is 16.8 Å². The molecule has 0 unspecified atom stereocenters. The molecule has 0 spiro atoms. The van der Waals surface area contributed by atoms with E-state index in [0.717, 1.165) is 63.7 Å². The van der Waals surface area contributed by atoms with Gasteiger partial charge in [0, 0.05) is 71.0 Å². The molecule has 6 nitrogen and oxygen atoms in total. The summed E-state index contributed by atoms with van der Waals surface area (Å²) in [5.74, 6) is 1.07. The molecule has 2 aromatic rings. The minimum absolute atomic E-state index is 0.176. The zero-order valence-electron chi connectivity index (χ0n) is 18.7. The van der Waals surface area contributed by atoms with E-state index in [-0.39, 0.29) is 5.91 Å². The first-order valence-electron chi connectivity index (χ1n) is 11.0. The molecule has 2 aliphatic rings. The van der Waals surface area contributed by atoms with Crippen molar-refractivity contribution in [2.24, 2.45) is 7.05 Å². The van der Waals surface area contributed by atoms with E-state index >= 15 is 0 Å². The lowest BCUT2D eigenvalue weighted by atomic mass is 10.1. The van der Waals surface area contributed by atoms with E-state index < -0.39 is 0 Å². The summed E-state index contributed by atoms with van der Waals surface area (Å²) in [6, 6.07) is 10.9. The first-order chi connectivity index (χ1) is 14.5. The van der Waals surface area contributed by atoms with Crippen LogP contribution in [0.25, 0.3) is 0 Å². The molecule has 162 valence electrons. The van der Waals surface area contributed by atoms with Crippen LogP contribution < -0.4 is 4.74 Å². The predicted molar refractivity (Wildman–Crippen MR) is 119 cm³/mol. The average Bonchev–Trinajstić information content (AvgIpc) is 3.09. The van der Waals surface area contributed by atoms with Crippen LogP contribution in [0, 0.1) is 0 Å². The van der Waals surface area contributed by atoms with Crippen molar-refractivity contribution < 1.29 is 9.53 Å². The highest BCUT2D eigenvalue weighted by molar-refractivity contribution is 5.93. The van der Waals surface area contributed by atoms with Gasteiger partial charge in [-0.05, 0) is 43.2 Å². The fraction of sp³-hybridized carbons (Fsp3) is 0.542. The molecule has 1 amide bonds. The molecule has 1 saturated heterocycles. The molecule has 2 aliphatic heterocycles. The highest BCUT2D eigenvalue weighted by atomic mass is 16.5. The molecule has 0 N–H and O–H groups in total. The summed E-state index contributed by atoms with van der Waals surface area (Å²) in [6.07, 6.45) is 0.976. The van der Waals surface area contributed by atoms with Gasteiger partial charge in [-0.1, -0.05) is 12.1 Å². The Bertz CT molecular complexity index is 897. The number of hydrogen-bond donors (Lipinski definition) is 0. The number of carbonyl (C=O) groups excluding carboxylic acids is 1. The van der Waals surface area contributed by atoms with Gasteiger partial charge in [0.15, 0.2) is 0 Å². The monoisotopic (exact) mass is 410 g/mol. The highest BCUT2D eigenvalue weighted by Crippen LogP contribution is 2.25. The lowest BCUT2D eigenvalue weighted by Crippen LogP contribution is -2.51. The van der Waals surface area contributed by atoms with Crippen molar-refractivity contribution in [1.29, 1.82) is 0 Å². The van der Waals surface area contributed by atoms with E-state index in [4.69, 9.17) is 4.74 Å². The Labute approximate surface area is 180 Å². The van der Waals surface area contributed by atoms with Crippen LogP contribution >= 0.6 is 0 Å². The smallest absolute Gasteiger partial charge is 0.270 e. The summed E-state index contributed by atoms with van der Waals surface area (Å²) in [4.78, 5) is 20.1. The zero-order chi connectivity index (χ0) is 21.3. The Morgan fingerprint density at radius 2 is 1.87 bits per heavy atom. The minimum Gasteiger partial charge on any atom is -0.497 e. The summed E-state index contributed by atoms with van der Waals surface area (Å²) in [5, 5.41) is 0. The summed E-state index contributed by atoms with van der Waals surface area (Å²) in [5.41, 5.74) is 4.69. The highest BCUT2D eigenvalue weighted by Gasteiger charge is 2.28. The molecule has 0 atom stereocenters. The number of amides is 1. The SMILES string of the molecule is COc1cccc(CN2CCc3c(cc(C(=O)N4CCN(C(C)C)CC4)n3C)C2)c1. The second-order valence-corrected chi connectivity index (χ2v) is 8.79. The third kappa shape index (κ3) is 4.25. The van der Waals surface area contributed by atoms with Crippen LogP contribution in [0.4, 0.5) is 0 Å². The molecule has 1 aromatic carbocycles. The number of methoxy groups -OCH3 is 1. The van der Waals surface area contributed by atoms with Crippen molar-refractivity contribution in [1.82, 2.24) is 19.3 Å². The van der Waals surface area contributed by atoms with E-state index in [9.17, 15) is 4.79 Å². The summed E-state index contributed by atoms with van der Waals surface area (Å²) in [7, 11) is 3.76. The maximum atomic E-state index is 13.2. The van der Waals surface area contributed by atoms with Crippen molar-refractivity contribution in [3.8, 4) is 5.75 Å². The average molecular weight is 411 g/mol. The third-order valence-corrected chi connectivity index (χ3v) is 6.60. The van der Waals surface area contributed by atoms with Gasteiger partial charge in [-0.15, -0.1) is 0 Å². The molecule has 0 aliphatic carbocycles. The van der Waals surface area contributed by atoms with Crippen LogP contribution in [0.2, 0.25) is 0 Å². The maximum Gasteiger partial charge on any atom is 0.270 e. The van der Waals surface area contributed by atoms with Gasteiger partial charge in [-0.2, -0.15) is 0 Å². The Hall–Kier alpha value is -2.31. The van der Waals surface area contributed by atoms with Crippen molar-refractivity contribution in [3.05, 3.63) is 52.8 Å². The van der Waals surface area contributed by atoms with Gasteiger partial charge >= 0.3 is 0 Å². The Kier molecular flexibility index (Phi) is 6.16. The van der Waals surface area contributed by atoms with Gasteiger partial charge in [0.2, 0.25) is 0 Å². The molecule has 1 aromatic heterocycles. The Morgan fingerprint density at radius 3 is 2.57 bits per heavy atom. The van der Waals surface area contributed by atoms with Gasteiger partial charge in [0.05, 0.1) is 7.11 Å². The lowest BCUT2D eigenvalue weighted by Gasteiger charge is -2.37. The van der Waals surface area contributed by atoms with Crippen molar-refractivity contribution >= 4 is 5.91 Å². The summed E-state index contributed by atoms with van der Waals surface area (Å²) in [6.45, 7) is 10.8. The van der Waals surface area contributed by atoms with Crippen LogP contribution in [0.1, 0.15) is 41.2 Å². The van der Waals surface area contributed by atoms with Gasteiger partial charge < -0.3 is 14.2 Å². The number of piperazine rings is 1. The van der Waals surface area contributed by atoms with Gasteiger partial charge in [0.25, 0.3) is 5.91 Å². The fourth-order valence-corrected chi connectivity index (χ4v) is 4.73. The molecular formula is C24H34N4O2. The maximum absolute atomic E-state index is 13.2. The molecule has 1 fully saturated rings. The lowest BCUT2D eigenvalue weighted by molar-refractivity contribution is 0.0586. The topological polar surface area (TPSA) is 41.0 Å². The van der Waals surface area contributed by atoms with E-state index in [1.54, 1.807) is 7.11 Å². The van der Waals surface area contributed by atoms with E-state index in [1.807, 2.05) is 24.1 Å². The van der Waals surface area contributed by atoms with Crippen molar-refractivity contribution in [2.75, 3.05) is 39.8 Å². The number of hydrogen-bond acceptors (Lipinski definition) is 4. The number of rotatable bonds is 5. The molecule has 3 heterocycles. The quantitative estimate of drug-likeness (QED) is 0.760. The van der Waals surface area contributed by atoms with Gasteiger partial charge in [0.1, 0.15) is 11.4 Å². The van der Waals surface area contributed by atoms with E-state index in [2.05, 4.69) is 46.4 Å². The molecule has 0 bridgehead atoms. The summed E-state index contributed by atoms with van der Waals surface area (Å²) >= 11 is 0. The molecule has 30 heavy (non-hydrogen) atoms. The summed E-state index contributed by atoms with van der Waals surface area (Å²) < 4.78 is 7.49. The fourth-order valence-electron chi connectivity index (χ4n) is 4.73. The standard InChI is InChI=1S/C24H34N4O2/c1-18(2)27-10-12-28(13-11-27)24(29)23-15-20-17-26(9-8-22(20)25(23)3)16-19-6-5-7-21(14-19)30-4/h5-7,14-15,18H,8-13,16-17H2,1-4H3. The van der Waals surface area contributed by atoms with Crippen LogP contribution in [0.3, 0.4) is 0 Å². The number of carbonyl (C=O) groups is 1. The number of benzene rings is 1. The first kappa shape index (κ1) is 20.9. The molecular weight excluding hydrogens is 376 g/mol. The first-order valence-corrected chi connectivity index (χ1v) is 11.0. The Balaban J connectivity index is 1.44. The molecule has 0 saturated carbocycles. The van der Waals surface area contributed by atoms with Crippen LogP contribution in [0.5, 0.6) is 5.75 Å². The zero-order valence-corrected chi connectivity index (χ0v) is 18.7. The molecule has 6 heteroatoms. The number of ether oxygens (including phenoxy) is 1. The van der Waals surface area contributed by atoms with Crippen LogP contribution in [0.15, 0.2) is 30.3 Å². The van der Waals surface area contributed by atoms with E-state index in [0.29, 0.717) is 6.04 Å².